The van der Waals surface area contributed by atoms with Crippen molar-refractivity contribution in [1.82, 2.24) is 10.1 Å². The highest BCUT2D eigenvalue weighted by atomic mass is 16.5. The quantitative estimate of drug-likeness (QED) is 0.651. The van der Waals surface area contributed by atoms with Crippen molar-refractivity contribution in [2.75, 3.05) is 38.3 Å². The van der Waals surface area contributed by atoms with E-state index in [1.807, 2.05) is 4.90 Å². The predicted octanol–water partition coefficient (Wildman–Crippen LogP) is -0.378. The van der Waals surface area contributed by atoms with Crippen molar-refractivity contribution >= 4 is 11.9 Å². The summed E-state index contributed by atoms with van der Waals surface area (Å²) in [6, 6.07) is 0. The first kappa shape index (κ1) is 10.9. The van der Waals surface area contributed by atoms with Crippen molar-refractivity contribution in [3.05, 3.63) is 5.89 Å². The topological polar surface area (TPSA) is 77.7 Å². The van der Waals surface area contributed by atoms with E-state index in [0.717, 1.165) is 13.1 Å². The molecule has 1 fully saturated rings. The first-order valence-corrected chi connectivity index (χ1v) is 5.01. The minimum atomic E-state index is -0.392. The van der Waals surface area contributed by atoms with Gasteiger partial charge in [0.2, 0.25) is 5.89 Å². The van der Waals surface area contributed by atoms with Gasteiger partial charge in [-0.2, -0.15) is 4.98 Å². The Morgan fingerprint density at radius 1 is 1.50 bits per heavy atom. The molecule has 0 radical (unpaired) electrons. The van der Waals surface area contributed by atoms with Crippen molar-refractivity contribution < 1.29 is 18.8 Å². The van der Waals surface area contributed by atoms with Gasteiger partial charge in [0.05, 0.1) is 20.3 Å². The zero-order chi connectivity index (χ0) is 11.4. The molecule has 1 aromatic rings. The van der Waals surface area contributed by atoms with Gasteiger partial charge in [0.25, 0.3) is 5.95 Å². The molecule has 0 bridgehead atoms. The molecule has 0 unspecified atom stereocenters. The van der Waals surface area contributed by atoms with Gasteiger partial charge in [0, 0.05) is 13.1 Å². The number of hydrogen-bond acceptors (Lipinski definition) is 7. The molecule has 0 saturated carbocycles. The monoisotopic (exact) mass is 227 g/mol. The van der Waals surface area contributed by atoms with E-state index in [1.54, 1.807) is 0 Å². The molecule has 7 heteroatoms. The van der Waals surface area contributed by atoms with Crippen LogP contribution in [0.4, 0.5) is 5.95 Å². The average molecular weight is 227 g/mol. The first-order chi connectivity index (χ1) is 7.79. The smallest absolute Gasteiger partial charge is 0.315 e. The lowest BCUT2D eigenvalue weighted by Gasteiger charge is -2.24. The summed E-state index contributed by atoms with van der Waals surface area (Å²) in [6.07, 6.45) is 0.00778. The van der Waals surface area contributed by atoms with Crippen molar-refractivity contribution in [3.8, 4) is 0 Å². The number of methoxy groups -OCH3 is 1. The molecular formula is C9H13N3O4. The number of hydrogen-bond donors (Lipinski definition) is 0. The number of esters is 1. The van der Waals surface area contributed by atoms with E-state index in [4.69, 9.17) is 9.26 Å². The Hall–Kier alpha value is -1.63. The van der Waals surface area contributed by atoms with Crippen LogP contribution in [0.1, 0.15) is 5.89 Å². The Bertz CT molecular complexity index is 359. The number of carbonyl (C=O) groups excluding carboxylic acids is 1. The fraction of sp³-hybridized carbons (Fsp3) is 0.667. The van der Waals surface area contributed by atoms with Gasteiger partial charge in [0.1, 0.15) is 6.42 Å². The Kier molecular flexibility index (Phi) is 3.35. The second kappa shape index (κ2) is 4.93. The van der Waals surface area contributed by atoms with Gasteiger partial charge in [-0.25, -0.2) is 0 Å². The normalized spacial score (nSPS) is 16.2. The predicted molar refractivity (Wildman–Crippen MR) is 53.1 cm³/mol. The van der Waals surface area contributed by atoms with Gasteiger partial charge < -0.3 is 18.9 Å². The Morgan fingerprint density at radius 2 is 2.25 bits per heavy atom. The van der Waals surface area contributed by atoms with Crippen molar-refractivity contribution in [2.24, 2.45) is 0 Å². The molecule has 0 spiro atoms. The van der Waals surface area contributed by atoms with Crippen LogP contribution >= 0.6 is 0 Å². The minimum absolute atomic E-state index is 0.00778. The number of carbonyl (C=O) groups is 1. The summed E-state index contributed by atoms with van der Waals surface area (Å²) >= 11 is 0. The third kappa shape index (κ3) is 2.48. The highest BCUT2D eigenvalue weighted by Gasteiger charge is 2.18. The van der Waals surface area contributed by atoms with E-state index < -0.39 is 5.97 Å². The maximum absolute atomic E-state index is 11.0. The van der Waals surface area contributed by atoms with E-state index in [2.05, 4.69) is 14.9 Å². The largest absolute Gasteiger partial charge is 0.469 e. The van der Waals surface area contributed by atoms with Crippen LogP contribution in [0.2, 0.25) is 0 Å². The highest BCUT2D eigenvalue weighted by Crippen LogP contribution is 2.11. The molecular weight excluding hydrogens is 214 g/mol. The first-order valence-electron chi connectivity index (χ1n) is 5.01. The molecule has 2 heterocycles. The molecule has 0 N–H and O–H groups in total. The second-order valence-corrected chi connectivity index (χ2v) is 3.34. The zero-order valence-corrected chi connectivity index (χ0v) is 9.01. The molecule has 0 amide bonds. The molecule has 1 aromatic heterocycles. The molecule has 1 aliphatic rings. The summed E-state index contributed by atoms with van der Waals surface area (Å²) < 4.78 is 14.7. The number of morpholine rings is 1. The number of aromatic nitrogens is 2. The van der Waals surface area contributed by atoms with Crippen molar-refractivity contribution in [1.29, 1.82) is 0 Å². The van der Waals surface area contributed by atoms with Gasteiger partial charge in [-0.05, 0) is 5.16 Å². The Morgan fingerprint density at radius 3 is 2.94 bits per heavy atom. The van der Waals surface area contributed by atoms with Crippen LogP contribution in [0.5, 0.6) is 0 Å². The summed E-state index contributed by atoms with van der Waals surface area (Å²) in [5.74, 6) is 0.382. The van der Waals surface area contributed by atoms with E-state index in [1.165, 1.54) is 7.11 Å². The lowest BCUT2D eigenvalue weighted by Crippen LogP contribution is -2.36. The number of nitrogens with zero attached hydrogens (tertiary/aromatic N) is 3. The van der Waals surface area contributed by atoms with Gasteiger partial charge in [-0.1, -0.05) is 0 Å². The van der Waals surface area contributed by atoms with Gasteiger partial charge in [-0.15, -0.1) is 0 Å². The van der Waals surface area contributed by atoms with Crippen LogP contribution in [0.25, 0.3) is 0 Å². The second-order valence-electron chi connectivity index (χ2n) is 3.34. The fourth-order valence-corrected chi connectivity index (χ4v) is 1.41. The lowest BCUT2D eigenvalue weighted by atomic mass is 10.4. The molecule has 0 aromatic carbocycles. The van der Waals surface area contributed by atoms with E-state index in [0.29, 0.717) is 19.2 Å². The molecule has 1 saturated heterocycles. The van der Waals surface area contributed by atoms with Crippen LogP contribution < -0.4 is 4.90 Å². The molecule has 88 valence electrons. The number of ether oxygens (including phenoxy) is 2. The molecule has 7 nitrogen and oxygen atoms in total. The van der Waals surface area contributed by atoms with Crippen LogP contribution in [0.15, 0.2) is 4.52 Å². The van der Waals surface area contributed by atoms with Gasteiger partial charge in [0.15, 0.2) is 0 Å². The molecule has 1 aliphatic heterocycles. The number of rotatable bonds is 3. The van der Waals surface area contributed by atoms with Gasteiger partial charge in [-0.3, -0.25) is 4.79 Å². The Labute approximate surface area is 92.3 Å². The summed E-state index contributed by atoms with van der Waals surface area (Å²) in [5.41, 5.74) is 0. The maximum Gasteiger partial charge on any atom is 0.315 e. The summed E-state index contributed by atoms with van der Waals surface area (Å²) in [4.78, 5) is 17.0. The lowest BCUT2D eigenvalue weighted by molar-refractivity contribution is -0.140. The van der Waals surface area contributed by atoms with E-state index in [9.17, 15) is 4.79 Å². The molecule has 16 heavy (non-hydrogen) atoms. The summed E-state index contributed by atoms with van der Waals surface area (Å²) in [6.45, 7) is 2.77. The van der Waals surface area contributed by atoms with Crippen LogP contribution in [-0.4, -0.2) is 49.5 Å². The van der Waals surface area contributed by atoms with Crippen LogP contribution in [0, 0.1) is 0 Å². The maximum atomic E-state index is 11.0. The third-order valence-electron chi connectivity index (χ3n) is 2.27. The fourth-order valence-electron chi connectivity index (χ4n) is 1.41. The number of anilines is 1. The summed E-state index contributed by atoms with van der Waals surface area (Å²) in [5, 5.41) is 3.80. The van der Waals surface area contributed by atoms with Crippen LogP contribution in [-0.2, 0) is 20.7 Å². The van der Waals surface area contributed by atoms with E-state index in [-0.39, 0.29) is 12.3 Å². The van der Waals surface area contributed by atoms with Crippen molar-refractivity contribution in [3.63, 3.8) is 0 Å². The summed E-state index contributed by atoms with van der Waals surface area (Å²) in [7, 11) is 1.32. The third-order valence-corrected chi connectivity index (χ3v) is 2.27. The van der Waals surface area contributed by atoms with Crippen molar-refractivity contribution in [2.45, 2.75) is 6.42 Å². The Balaban J connectivity index is 1.98. The van der Waals surface area contributed by atoms with E-state index >= 15 is 0 Å². The average Bonchev–Trinajstić information content (AvgIpc) is 2.78. The minimum Gasteiger partial charge on any atom is -0.469 e. The van der Waals surface area contributed by atoms with Gasteiger partial charge >= 0.3 is 5.97 Å². The zero-order valence-electron chi connectivity index (χ0n) is 9.01. The standard InChI is InChI=1S/C9H13N3O4/c1-14-8(13)6-7-10-9(11-16-7)12-2-4-15-5-3-12/h2-6H2,1H3. The molecule has 0 atom stereocenters. The van der Waals surface area contributed by atoms with Crippen LogP contribution in [0.3, 0.4) is 0 Å². The molecule has 0 aliphatic carbocycles. The highest BCUT2D eigenvalue weighted by molar-refractivity contribution is 5.71. The molecule has 2 rings (SSSR count). The SMILES string of the molecule is COC(=O)Cc1nc(N2CCOCC2)no1.